The lowest BCUT2D eigenvalue weighted by molar-refractivity contribution is -0.142. The molecule has 0 unspecified atom stereocenters. The molecule has 1 aromatic heterocycles. The van der Waals surface area contributed by atoms with Crippen molar-refractivity contribution >= 4 is 40.1 Å². The first-order valence-electron chi connectivity index (χ1n) is 10.9. The average Bonchev–Trinajstić information content (AvgIpc) is 3.21. The number of nitrogens with zero attached hydrogens (tertiary/aromatic N) is 3. The second-order valence-corrected chi connectivity index (χ2v) is 8.67. The number of rotatable bonds is 5. The maximum atomic E-state index is 13.8. The third-order valence-corrected chi connectivity index (χ3v) is 6.30. The molecule has 0 aliphatic carbocycles. The van der Waals surface area contributed by atoms with E-state index < -0.39 is 6.04 Å². The lowest BCUT2D eigenvalue weighted by Gasteiger charge is -2.38. The fourth-order valence-electron chi connectivity index (χ4n) is 4.41. The molecule has 5 rings (SSSR count). The Labute approximate surface area is 196 Å². The van der Waals surface area contributed by atoms with Crippen molar-refractivity contribution in [3.63, 3.8) is 0 Å². The summed E-state index contributed by atoms with van der Waals surface area (Å²) in [7, 11) is 0. The number of carbonyl (C=O) groups excluding carboxylic acids is 2. The van der Waals surface area contributed by atoms with Crippen LogP contribution in [0.25, 0.3) is 11.0 Å². The van der Waals surface area contributed by atoms with E-state index >= 15 is 0 Å². The predicted octanol–water partition coefficient (Wildman–Crippen LogP) is 5.36. The molecular weight excluding hydrogens is 436 g/mol. The standard InChI is InChI=1S/C26H23ClN4O2/c1-17-25-29-21-9-5-6-10-22(21)31(25)23(15-24(32)28-20-13-11-19(27)12-14-20)26(33)30(17)16-18-7-3-2-4-8-18/h2-14,17,23H,15-16H2,1H3,(H,28,32)/t17-,23+/m0/s1. The first-order valence-corrected chi connectivity index (χ1v) is 11.3. The van der Waals surface area contributed by atoms with Gasteiger partial charge in [-0.3, -0.25) is 9.59 Å². The summed E-state index contributed by atoms with van der Waals surface area (Å²) in [5.74, 6) is 0.456. The van der Waals surface area contributed by atoms with Crippen LogP contribution in [0.4, 0.5) is 5.69 Å². The molecule has 2 heterocycles. The number of para-hydroxylation sites is 2. The monoisotopic (exact) mass is 458 g/mol. The Balaban J connectivity index is 1.50. The van der Waals surface area contributed by atoms with E-state index in [1.807, 2.05) is 71.0 Å². The van der Waals surface area contributed by atoms with Crippen molar-refractivity contribution in [2.24, 2.45) is 0 Å². The number of carbonyl (C=O) groups is 2. The van der Waals surface area contributed by atoms with Gasteiger partial charge in [-0.25, -0.2) is 4.98 Å². The van der Waals surface area contributed by atoms with Gasteiger partial charge >= 0.3 is 0 Å². The van der Waals surface area contributed by atoms with Crippen molar-refractivity contribution in [3.05, 3.63) is 95.3 Å². The Kier molecular flexibility index (Phi) is 5.60. The van der Waals surface area contributed by atoms with Crippen molar-refractivity contribution in [2.45, 2.75) is 32.0 Å². The van der Waals surface area contributed by atoms with Crippen LogP contribution >= 0.6 is 11.6 Å². The van der Waals surface area contributed by atoms with Gasteiger partial charge in [0.15, 0.2) is 0 Å². The summed E-state index contributed by atoms with van der Waals surface area (Å²) in [6, 6.07) is 23.6. The molecule has 1 aliphatic rings. The molecular formula is C26H23ClN4O2. The molecule has 2 amide bonds. The number of anilines is 1. The van der Waals surface area contributed by atoms with Crippen LogP contribution in [0.5, 0.6) is 0 Å². The Bertz CT molecular complexity index is 1320. The van der Waals surface area contributed by atoms with Crippen LogP contribution in [-0.2, 0) is 16.1 Å². The zero-order chi connectivity index (χ0) is 22.9. The minimum atomic E-state index is -0.681. The maximum Gasteiger partial charge on any atom is 0.247 e. The predicted molar refractivity (Wildman–Crippen MR) is 129 cm³/mol. The van der Waals surface area contributed by atoms with E-state index in [0.717, 1.165) is 22.4 Å². The van der Waals surface area contributed by atoms with Crippen LogP contribution < -0.4 is 5.32 Å². The topological polar surface area (TPSA) is 67.2 Å². The quantitative estimate of drug-likeness (QED) is 0.437. The SMILES string of the molecule is C[C@H]1c2nc3ccccc3n2[C@H](CC(=O)Nc2ccc(Cl)cc2)C(=O)N1Cc1ccccc1. The first kappa shape index (κ1) is 21.2. The van der Waals surface area contributed by atoms with Gasteiger partial charge in [-0.2, -0.15) is 0 Å². The molecule has 33 heavy (non-hydrogen) atoms. The van der Waals surface area contributed by atoms with E-state index in [1.165, 1.54) is 0 Å². The Hall–Kier alpha value is -3.64. The summed E-state index contributed by atoms with van der Waals surface area (Å²) in [4.78, 5) is 33.4. The third-order valence-electron chi connectivity index (χ3n) is 6.05. The Morgan fingerprint density at radius 2 is 1.70 bits per heavy atom. The lowest BCUT2D eigenvalue weighted by atomic mass is 10.0. The molecule has 0 saturated heterocycles. The summed E-state index contributed by atoms with van der Waals surface area (Å²) in [5.41, 5.74) is 3.35. The minimum Gasteiger partial charge on any atom is -0.327 e. The number of imidazole rings is 1. The Morgan fingerprint density at radius 3 is 2.45 bits per heavy atom. The van der Waals surface area contributed by atoms with Crippen LogP contribution in [0.15, 0.2) is 78.9 Å². The van der Waals surface area contributed by atoms with Crippen molar-refractivity contribution in [1.29, 1.82) is 0 Å². The van der Waals surface area contributed by atoms with Gasteiger partial charge in [0.25, 0.3) is 0 Å². The second kappa shape index (κ2) is 8.71. The van der Waals surface area contributed by atoms with Gasteiger partial charge in [-0.1, -0.05) is 54.1 Å². The van der Waals surface area contributed by atoms with Crippen LogP contribution in [0, 0.1) is 0 Å². The van der Waals surface area contributed by atoms with Crippen LogP contribution in [0.2, 0.25) is 5.02 Å². The molecule has 0 spiro atoms. The summed E-state index contributed by atoms with van der Waals surface area (Å²) < 4.78 is 1.94. The summed E-state index contributed by atoms with van der Waals surface area (Å²) in [6.45, 7) is 2.45. The van der Waals surface area contributed by atoms with Gasteiger partial charge < -0.3 is 14.8 Å². The average molecular weight is 459 g/mol. The molecule has 3 aromatic carbocycles. The zero-order valence-electron chi connectivity index (χ0n) is 18.1. The lowest BCUT2D eigenvalue weighted by Crippen LogP contribution is -2.45. The molecule has 0 radical (unpaired) electrons. The van der Waals surface area contributed by atoms with Gasteiger partial charge in [0.1, 0.15) is 11.9 Å². The number of amides is 2. The van der Waals surface area contributed by atoms with Gasteiger partial charge in [0.2, 0.25) is 11.8 Å². The summed E-state index contributed by atoms with van der Waals surface area (Å²) in [5, 5.41) is 3.47. The second-order valence-electron chi connectivity index (χ2n) is 8.23. The van der Waals surface area contributed by atoms with Crippen LogP contribution in [0.3, 0.4) is 0 Å². The van der Waals surface area contributed by atoms with E-state index in [9.17, 15) is 9.59 Å². The van der Waals surface area contributed by atoms with Gasteiger partial charge in [0, 0.05) is 17.3 Å². The molecule has 4 aromatic rings. The van der Waals surface area contributed by atoms with E-state index in [2.05, 4.69) is 5.32 Å². The molecule has 0 bridgehead atoms. The van der Waals surface area contributed by atoms with Gasteiger partial charge in [-0.05, 0) is 48.9 Å². The van der Waals surface area contributed by atoms with Crippen LogP contribution in [0.1, 0.15) is 36.8 Å². The molecule has 2 atom stereocenters. The van der Waals surface area contributed by atoms with Crippen molar-refractivity contribution < 1.29 is 9.59 Å². The molecule has 7 heteroatoms. The normalized spacial score (nSPS) is 17.8. The fourth-order valence-corrected chi connectivity index (χ4v) is 4.54. The summed E-state index contributed by atoms with van der Waals surface area (Å²) >= 11 is 5.95. The van der Waals surface area contributed by atoms with E-state index in [-0.39, 0.29) is 24.3 Å². The molecule has 1 N–H and O–H groups in total. The fraction of sp³-hybridized carbons (Fsp3) is 0.192. The number of fused-ring (bicyclic) bond motifs is 3. The third kappa shape index (κ3) is 4.10. The first-order chi connectivity index (χ1) is 16.0. The van der Waals surface area contributed by atoms with Crippen molar-refractivity contribution in [3.8, 4) is 0 Å². The van der Waals surface area contributed by atoms with Crippen molar-refractivity contribution in [2.75, 3.05) is 5.32 Å². The highest BCUT2D eigenvalue weighted by Crippen LogP contribution is 2.37. The highest BCUT2D eigenvalue weighted by Gasteiger charge is 2.40. The maximum absolute atomic E-state index is 13.8. The highest BCUT2D eigenvalue weighted by molar-refractivity contribution is 6.30. The number of halogens is 1. The van der Waals surface area contributed by atoms with E-state index in [1.54, 1.807) is 24.3 Å². The van der Waals surface area contributed by atoms with E-state index in [0.29, 0.717) is 17.3 Å². The van der Waals surface area contributed by atoms with Gasteiger partial charge in [-0.15, -0.1) is 0 Å². The number of nitrogens with one attached hydrogen (secondary N) is 1. The van der Waals surface area contributed by atoms with Crippen LogP contribution in [-0.4, -0.2) is 26.3 Å². The van der Waals surface area contributed by atoms with E-state index in [4.69, 9.17) is 16.6 Å². The largest absolute Gasteiger partial charge is 0.327 e. The van der Waals surface area contributed by atoms with Gasteiger partial charge in [0.05, 0.1) is 23.5 Å². The smallest absolute Gasteiger partial charge is 0.247 e. The molecule has 1 aliphatic heterocycles. The molecule has 0 fully saturated rings. The minimum absolute atomic E-state index is 0.00677. The number of aromatic nitrogens is 2. The molecule has 6 nitrogen and oxygen atoms in total. The number of hydrogen-bond donors (Lipinski definition) is 1. The zero-order valence-corrected chi connectivity index (χ0v) is 18.9. The highest BCUT2D eigenvalue weighted by atomic mass is 35.5. The van der Waals surface area contributed by atoms with Crippen molar-refractivity contribution in [1.82, 2.24) is 14.5 Å². The molecule has 166 valence electrons. The molecule has 0 saturated carbocycles. The number of benzene rings is 3. The Morgan fingerprint density at radius 1 is 1.00 bits per heavy atom. The number of hydrogen-bond acceptors (Lipinski definition) is 3. The summed E-state index contributed by atoms with van der Waals surface area (Å²) in [6.07, 6.45) is 0.00677.